The number of halogens is 1. The lowest BCUT2D eigenvalue weighted by molar-refractivity contribution is 0.489. The topological polar surface area (TPSA) is 9.23 Å². The van der Waals surface area contributed by atoms with Crippen LogP contribution in [0.15, 0.2) is 182 Å². The fraction of sp³-hybridized carbons (Fsp3) is 0.180. The Kier molecular flexibility index (Phi) is 17.1. The Morgan fingerprint density at radius 2 is 1.02 bits per heavy atom. The second-order valence-electron chi connectivity index (χ2n) is 15.9. The van der Waals surface area contributed by atoms with Crippen molar-refractivity contribution in [3.05, 3.63) is 215 Å². The van der Waals surface area contributed by atoms with Crippen LogP contribution in [0.2, 0.25) is 0 Å². The zero-order valence-corrected chi connectivity index (χ0v) is 40.8. The lowest BCUT2D eigenvalue weighted by Crippen LogP contribution is -1.93. The van der Waals surface area contributed by atoms with E-state index in [1.807, 2.05) is 13.8 Å². The lowest BCUT2D eigenvalue weighted by Gasteiger charge is -2.15. The molecular weight excluding hydrogens is 907 g/mol. The minimum atomic E-state index is 0. The van der Waals surface area contributed by atoms with Crippen molar-refractivity contribution in [2.45, 2.75) is 74.7 Å². The molecule has 0 aliphatic rings. The van der Waals surface area contributed by atoms with Gasteiger partial charge in [-0.3, -0.25) is 0 Å². The first-order valence-electron chi connectivity index (χ1n) is 22.4. The van der Waals surface area contributed by atoms with Crippen LogP contribution in [0.1, 0.15) is 74.9 Å². The van der Waals surface area contributed by atoms with E-state index in [4.69, 9.17) is 4.74 Å². The maximum absolute atomic E-state index is 6.55. The molecule has 1 atom stereocenters. The van der Waals surface area contributed by atoms with Crippen LogP contribution in [0, 0.1) is 13.8 Å². The van der Waals surface area contributed by atoms with E-state index >= 15 is 0 Å². The van der Waals surface area contributed by atoms with E-state index in [0.717, 1.165) is 42.6 Å². The molecule has 9 aromatic carbocycles. The van der Waals surface area contributed by atoms with Crippen LogP contribution in [0.25, 0.3) is 65.3 Å². The van der Waals surface area contributed by atoms with Gasteiger partial charge in [-0.1, -0.05) is 240 Å². The Bertz CT molecular complexity index is 3090. The molecule has 1 unspecified atom stereocenters. The van der Waals surface area contributed by atoms with Gasteiger partial charge in [0.2, 0.25) is 0 Å². The van der Waals surface area contributed by atoms with Crippen LogP contribution in [0.4, 0.5) is 0 Å². The van der Waals surface area contributed by atoms with Crippen molar-refractivity contribution in [2.75, 3.05) is 0 Å². The summed E-state index contributed by atoms with van der Waals surface area (Å²) in [6.45, 7) is 15.3. The molecule has 0 heterocycles. The summed E-state index contributed by atoms with van der Waals surface area (Å²) in [6.07, 6.45) is 3.99. The maximum atomic E-state index is 6.55. The van der Waals surface area contributed by atoms with E-state index in [9.17, 15) is 0 Å². The van der Waals surface area contributed by atoms with E-state index < -0.39 is 0 Å². The molecule has 0 aromatic heterocycles. The third kappa shape index (κ3) is 10.5. The van der Waals surface area contributed by atoms with Crippen LogP contribution in [0.3, 0.4) is 0 Å². The van der Waals surface area contributed by atoms with E-state index in [2.05, 4.69) is 239 Å². The second kappa shape index (κ2) is 22.9. The van der Waals surface area contributed by atoms with Gasteiger partial charge in [-0.25, -0.2) is 0 Å². The molecule has 0 aliphatic carbocycles. The number of aryl methyl sites for hydroxylation is 4. The monoisotopic (exact) mass is 968 g/mol. The molecule has 9 rings (SSSR count). The normalized spacial score (nSPS) is 10.6. The number of fused-ring (bicyclic) bond motifs is 4. The third-order valence-corrected chi connectivity index (χ3v) is 12.0. The van der Waals surface area contributed by atoms with Gasteiger partial charge in [0.05, 0.1) is 0 Å². The molecule has 3 heteroatoms. The van der Waals surface area contributed by atoms with E-state index in [0.29, 0.717) is 0 Å². The molecule has 0 saturated heterocycles. The van der Waals surface area contributed by atoms with Gasteiger partial charge in [-0.2, -0.15) is 0 Å². The highest BCUT2D eigenvalue weighted by Crippen LogP contribution is 2.39. The van der Waals surface area contributed by atoms with E-state index in [1.54, 1.807) is 0 Å². The van der Waals surface area contributed by atoms with Gasteiger partial charge in [-0.15, -0.1) is 0 Å². The molecule has 1 nitrogen and oxygen atoms in total. The van der Waals surface area contributed by atoms with Gasteiger partial charge < -0.3 is 4.74 Å². The van der Waals surface area contributed by atoms with Crippen molar-refractivity contribution >= 4 is 72.0 Å². The first-order chi connectivity index (χ1) is 31.0. The Balaban J connectivity index is 0.00000132. The minimum absolute atomic E-state index is 0. The van der Waals surface area contributed by atoms with Crippen molar-refractivity contribution in [3.8, 4) is 33.8 Å². The molecule has 324 valence electrons. The summed E-state index contributed by atoms with van der Waals surface area (Å²) in [5, 5.41) is 9.89. The first kappa shape index (κ1) is 47.9. The fourth-order valence-electron chi connectivity index (χ4n) is 8.89. The van der Waals surface area contributed by atoms with Gasteiger partial charge in [0.25, 0.3) is 0 Å². The number of ether oxygens (including phenoxy) is 1. The third-order valence-electron chi connectivity index (χ3n) is 12.0. The first-order valence-corrected chi connectivity index (χ1v) is 26.6. The summed E-state index contributed by atoms with van der Waals surface area (Å²) in [7, 11) is 0. The molecule has 0 fully saturated rings. The van der Waals surface area contributed by atoms with Crippen LogP contribution in [-0.2, 0) is 19.3 Å². The number of hydrogen-bond donors (Lipinski definition) is 0. The molecule has 0 radical (unpaired) electrons. The smallest absolute Gasteiger partial charge is 0.135 e. The Labute approximate surface area is 398 Å². The summed E-state index contributed by atoms with van der Waals surface area (Å²) in [6, 6.07) is 66.9. The number of hydrogen-bond acceptors (Lipinski definition) is 1. The molecular formula is C61H62IOP. The summed E-state index contributed by atoms with van der Waals surface area (Å²) >= 11 is 2.07. The van der Waals surface area contributed by atoms with Crippen molar-refractivity contribution in [3.63, 3.8) is 0 Å². The van der Waals surface area contributed by atoms with Crippen LogP contribution < -0.4 is 4.74 Å². The lowest BCUT2D eigenvalue weighted by atomic mass is 9.89. The van der Waals surface area contributed by atoms with Gasteiger partial charge in [0.1, 0.15) is 11.5 Å². The largest absolute Gasteiger partial charge is 0.457 e. The zero-order valence-electron chi connectivity index (χ0n) is 37.5. The average Bonchev–Trinajstić information content (AvgIpc) is 3.32. The second-order valence-corrected chi connectivity index (χ2v) is 15.9. The van der Waals surface area contributed by atoms with Crippen molar-refractivity contribution in [1.82, 2.24) is 0 Å². The van der Waals surface area contributed by atoms with Gasteiger partial charge >= 0.3 is 0 Å². The Morgan fingerprint density at radius 3 is 1.73 bits per heavy atom. The molecule has 0 N–H and O–H groups in total. The summed E-state index contributed by atoms with van der Waals surface area (Å²) < 4.78 is 6.55. The van der Waals surface area contributed by atoms with Crippen LogP contribution in [0.5, 0.6) is 11.5 Å². The highest BCUT2D eigenvalue weighted by Gasteiger charge is 2.13. The predicted molar refractivity (Wildman–Crippen MR) is 295 cm³/mol. The zero-order chi connectivity index (χ0) is 44.3. The SMILES string of the molecule is C.CC.CCCc1ccc2c(Oc3ccc4c(Cc5ccccc(-c6cccc7c(-c8cccc9cc(C)ccc89)cccc67)c(CC)ccc5C)cccc4c3)cccc2c1.PI. The van der Waals surface area contributed by atoms with Crippen molar-refractivity contribution in [2.24, 2.45) is 0 Å². The van der Waals surface area contributed by atoms with Gasteiger partial charge in [0.15, 0.2) is 0 Å². The van der Waals surface area contributed by atoms with Crippen LogP contribution in [-0.4, -0.2) is 0 Å². The van der Waals surface area contributed by atoms with Crippen molar-refractivity contribution in [1.29, 1.82) is 0 Å². The Morgan fingerprint density at radius 1 is 0.453 bits per heavy atom. The predicted octanol–water partition coefficient (Wildman–Crippen LogP) is 19.1. The molecule has 0 spiro atoms. The number of rotatable bonds is 9. The minimum Gasteiger partial charge on any atom is -0.457 e. The van der Waals surface area contributed by atoms with Gasteiger partial charge in [-0.05, 0) is 139 Å². The highest BCUT2D eigenvalue weighted by molar-refractivity contribution is 14.2. The number of benzene rings is 8. The fourth-order valence-corrected chi connectivity index (χ4v) is 8.89. The van der Waals surface area contributed by atoms with E-state index in [-0.39, 0.29) is 7.43 Å². The van der Waals surface area contributed by atoms with Crippen LogP contribution >= 0.6 is 28.9 Å². The Hall–Kier alpha value is -5.54. The standard InChI is InChI=1S/C58H50O.C2H6.CH4.H2IP/c1-5-14-41-29-33-52-45(36-41)19-11-26-58(52)59-48-31-34-49-46(16-9-17-47(49)38-48)37-43-15-7-8-20-50(42(6-2)30-28-40(43)4)53-22-12-25-57-55(53)23-13-24-56(57)54-21-10-18-44-35-39(3)27-32-51(44)54;1-2;;1-2/h7-13,15-36,38H,5-6,14,37H2,1-4H3;1-2H3;1H4;2H2. The van der Waals surface area contributed by atoms with Gasteiger partial charge in [0, 0.05) is 5.39 Å². The summed E-state index contributed by atoms with van der Waals surface area (Å²) in [4.78, 5) is 0. The van der Waals surface area contributed by atoms with Crippen molar-refractivity contribution < 1.29 is 4.74 Å². The molecule has 0 amide bonds. The van der Waals surface area contributed by atoms with E-state index in [1.165, 1.54) is 93.3 Å². The quantitative estimate of drug-likeness (QED) is 0.103. The average molecular weight is 969 g/mol. The molecule has 9 aromatic rings. The molecule has 0 bridgehead atoms. The highest BCUT2D eigenvalue weighted by atomic mass is 127. The molecule has 0 saturated carbocycles. The summed E-state index contributed by atoms with van der Waals surface area (Å²) in [5.74, 6) is 1.74. The summed E-state index contributed by atoms with van der Waals surface area (Å²) in [5.41, 5.74) is 12.9. The molecule has 0 aliphatic heterocycles. The maximum Gasteiger partial charge on any atom is 0.135 e. The molecule has 64 heavy (non-hydrogen) atoms.